The Kier molecular flexibility index (Phi) is 3.39. The summed E-state index contributed by atoms with van der Waals surface area (Å²) < 4.78 is 0. The van der Waals surface area contributed by atoms with Crippen molar-refractivity contribution < 1.29 is 10.2 Å². The van der Waals surface area contributed by atoms with E-state index in [4.69, 9.17) is 0 Å². The molecular formula is C16H13N3O2. The van der Waals surface area contributed by atoms with Gasteiger partial charge in [-0.3, -0.25) is 0 Å². The smallest absolute Gasteiger partial charge is 0.227 e. The summed E-state index contributed by atoms with van der Waals surface area (Å²) in [6.45, 7) is 0. The molecule has 104 valence electrons. The number of hydrogen-bond acceptors (Lipinski definition) is 5. The van der Waals surface area contributed by atoms with E-state index in [-0.39, 0.29) is 11.5 Å². The molecule has 0 aliphatic rings. The Hall–Kier alpha value is -3.08. The predicted molar refractivity (Wildman–Crippen MR) is 80.5 cm³/mol. The maximum absolute atomic E-state index is 9.27. The molecular weight excluding hydrogens is 266 g/mol. The van der Waals surface area contributed by atoms with Crippen LogP contribution in [0.5, 0.6) is 11.5 Å². The van der Waals surface area contributed by atoms with Crippen LogP contribution >= 0.6 is 0 Å². The molecule has 0 amide bonds. The first-order chi connectivity index (χ1) is 10.2. The third-order valence-corrected chi connectivity index (χ3v) is 2.98. The fourth-order valence-corrected chi connectivity index (χ4v) is 1.87. The van der Waals surface area contributed by atoms with Crippen LogP contribution in [0.2, 0.25) is 0 Å². The molecule has 0 atom stereocenters. The average molecular weight is 279 g/mol. The lowest BCUT2D eigenvalue weighted by Crippen LogP contribution is -1.96. The number of benzene rings is 2. The molecule has 21 heavy (non-hydrogen) atoms. The number of aromatic nitrogens is 2. The number of phenolic OH excluding ortho intramolecular Hbond substituents is 2. The summed E-state index contributed by atoms with van der Waals surface area (Å²) in [6.07, 6.45) is 3.42. The molecule has 3 aromatic rings. The van der Waals surface area contributed by atoms with E-state index in [1.807, 2.05) is 0 Å². The largest absolute Gasteiger partial charge is 0.508 e. The Morgan fingerprint density at radius 2 is 1.19 bits per heavy atom. The van der Waals surface area contributed by atoms with Crippen LogP contribution in [-0.4, -0.2) is 20.2 Å². The molecule has 5 nitrogen and oxygen atoms in total. The van der Waals surface area contributed by atoms with Crippen molar-refractivity contribution in [1.82, 2.24) is 9.97 Å². The van der Waals surface area contributed by atoms with Crippen molar-refractivity contribution in [2.45, 2.75) is 0 Å². The first kappa shape index (κ1) is 12.9. The van der Waals surface area contributed by atoms with Crippen molar-refractivity contribution in [1.29, 1.82) is 0 Å². The van der Waals surface area contributed by atoms with E-state index in [2.05, 4.69) is 15.3 Å². The topological polar surface area (TPSA) is 78.3 Å². The van der Waals surface area contributed by atoms with Crippen LogP contribution in [0.1, 0.15) is 0 Å². The van der Waals surface area contributed by atoms with E-state index in [0.717, 1.165) is 16.8 Å². The van der Waals surface area contributed by atoms with Crippen LogP contribution in [0.25, 0.3) is 11.1 Å². The lowest BCUT2D eigenvalue weighted by molar-refractivity contribution is 0.475. The van der Waals surface area contributed by atoms with Gasteiger partial charge in [0.1, 0.15) is 11.5 Å². The first-order valence-electron chi connectivity index (χ1n) is 6.38. The molecule has 5 heteroatoms. The van der Waals surface area contributed by atoms with Crippen molar-refractivity contribution in [3.05, 3.63) is 60.9 Å². The van der Waals surface area contributed by atoms with E-state index in [1.54, 1.807) is 60.9 Å². The highest BCUT2D eigenvalue weighted by Gasteiger charge is 2.01. The first-order valence-corrected chi connectivity index (χ1v) is 6.38. The van der Waals surface area contributed by atoms with Gasteiger partial charge in [0.25, 0.3) is 0 Å². The van der Waals surface area contributed by atoms with Gasteiger partial charge in [-0.25, -0.2) is 9.97 Å². The second-order valence-corrected chi connectivity index (χ2v) is 4.51. The van der Waals surface area contributed by atoms with E-state index < -0.39 is 0 Å². The molecule has 0 aliphatic carbocycles. The van der Waals surface area contributed by atoms with Gasteiger partial charge in [0.15, 0.2) is 0 Å². The molecule has 3 N–H and O–H groups in total. The van der Waals surface area contributed by atoms with Crippen molar-refractivity contribution >= 4 is 11.6 Å². The van der Waals surface area contributed by atoms with Gasteiger partial charge in [0, 0.05) is 23.6 Å². The van der Waals surface area contributed by atoms with Crippen molar-refractivity contribution in [3.8, 4) is 22.6 Å². The fraction of sp³-hybridized carbons (Fsp3) is 0. The van der Waals surface area contributed by atoms with Crippen LogP contribution in [0, 0.1) is 0 Å². The number of anilines is 2. The van der Waals surface area contributed by atoms with Gasteiger partial charge in [0.2, 0.25) is 5.95 Å². The second kappa shape index (κ2) is 5.50. The summed E-state index contributed by atoms with van der Waals surface area (Å²) in [5.74, 6) is 0.914. The Morgan fingerprint density at radius 3 is 1.76 bits per heavy atom. The van der Waals surface area contributed by atoms with Gasteiger partial charge >= 0.3 is 0 Å². The van der Waals surface area contributed by atoms with Gasteiger partial charge in [-0.15, -0.1) is 0 Å². The minimum absolute atomic E-state index is 0.212. The number of rotatable bonds is 3. The molecule has 0 saturated heterocycles. The normalized spacial score (nSPS) is 10.3. The number of phenols is 2. The quantitative estimate of drug-likeness (QED) is 0.641. The van der Waals surface area contributed by atoms with E-state index >= 15 is 0 Å². The lowest BCUT2D eigenvalue weighted by Gasteiger charge is -2.06. The van der Waals surface area contributed by atoms with E-state index in [9.17, 15) is 10.2 Å². The van der Waals surface area contributed by atoms with Crippen molar-refractivity contribution in [3.63, 3.8) is 0 Å². The average Bonchev–Trinajstić information content (AvgIpc) is 2.51. The number of nitrogens with zero attached hydrogens (tertiary/aromatic N) is 2. The molecule has 0 unspecified atom stereocenters. The van der Waals surface area contributed by atoms with Gasteiger partial charge in [0.05, 0.1) is 0 Å². The minimum atomic E-state index is 0.212. The molecule has 1 aromatic heterocycles. The summed E-state index contributed by atoms with van der Waals surface area (Å²) in [6, 6.07) is 13.5. The third kappa shape index (κ3) is 3.09. The van der Waals surface area contributed by atoms with Gasteiger partial charge in [-0.2, -0.15) is 0 Å². The standard InChI is InChI=1S/C16H13N3O2/c20-14-5-1-11(2-6-14)12-9-17-16(18-10-12)19-13-3-7-15(21)8-4-13/h1-10,20-21H,(H,17,18,19). The molecule has 0 aliphatic heterocycles. The van der Waals surface area contributed by atoms with Crippen molar-refractivity contribution in [2.75, 3.05) is 5.32 Å². The molecule has 2 aromatic carbocycles. The van der Waals surface area contributed by atoms with Gasteiger partial charge < -0.3 is 15.5 Å². The van der Waals surface area contributed by atoms with Crippen LogP contribution in [0.15, 0.2) is 60.9 Å². The zero-order valence-electron chi connectivity index (χ0n) is 11.1. The maximum atomic E-state index is 9.27. The highest BCUT2D eigenvalue weighted by Crippen LogP contribution is 2.22. The summed E-state index contributed by atoms with van der Waals surface area (Å²) in [5, 5.41) is 21.5. The SMILES string of the molecule is Oc1ccc(Nc2ncc(-c3ccc(O)cc3)cn2)cc1. The highest BCUT2D eigenvalue weighted by molar-refractivity contribution is 5.63. The van der Waals surface area contributed by atoms with E-state index in [0.29, 0.717) is 5.95 Å². The van der Waals surface area contributed by atoms with Crippen LogP contribution in [-0.2, 0) is 0 Å². The van der Waals surface area contributed by atoms with Crippen LogP contribution in [0.4, 0.5) is 11.6 Å². The highest BCUT2D eigenvalue weighted by atomic mass is 16.3. The Labute approximate surface area is 121 Å². The van der Waals surface area contributed by atoms with Crippen molar-refractivity contribution in [2.24, 2.45) is 0 Å². The van der Waals surface area contributed by atoms with Crippen LogP contribution < -0.4 is 5.32 Å². The molecule has 0 fully saturated rings. The summed E-state index contributed by atoms with van der Waals surface area (Å²) in [7, 11) is 0. The molecule has 1 heterocycles. The Balaban J connectivity index is 1.77. The number of aromatic hydroxyl groups is 2. The fourth-order valence-electron chi connectivity index (χ4n) is 1.87. The Morgan fingerprint density at radius 1 is 0.667 bits per heavy atom. The van der Waals surface area contributed by atoms with Crippen LogP contribution in [0.3, 0.4) is 0 Å². The zero-order chi connectivity index (χ0) is 14.7. The van der Waals surface area contributed by atoms with Gasteiger partial charge in [-0.1, -0.05) is 12.1 Å². The Bertz CT molecular complexity index is 723. The molecule has 0 saturated carbocycles. The molecule has 0 radical (unpaired) electrons. The van der Waals surface area contributed by atoms with E-state index in [1.165, 1.54) is 0 Å². The number of hydrogen-bond donors (Lipinski definition) is 3. The minimum Gasteiger partial charge on any atom is -0.508 e. The monoisotopic (exact) mass is 279 g/mol. The molecule has 0 spiro atoms. The zero-order valence-corrected chi connectivity index (χ0v) is 11.1. The predicted octanol–water partition coefficient (Wildman–Crippen LogP) is 3.30. The maximum Gasteiger partial charge on any atom is 0.227 e. The van der Waals surface area contributed by atoms with Gasteiger partial charge in [-0.05, 0) is 42.0 Å². The summed E-state index contributed by atoms with van der Waals surface area (Å²) in [4.78, 5) is 8.50. The molecule has 3 rings (SSSR count). The lowest BCUT2D eigenvalue weighted by atomic mass is 10.1. The molecule has 0 bridgehead atoms. The second-order valence-electron chi connectivity index (χ2n) is 4.51. The summed E-state index contributed by atoms with van der Waals surface area (Å²) >= 11 is 0. The third-order valence-electron chi connectivity index (χ3n) is 2.98. The number of nitrogens with one attached hydrogen (secondary N) is 1. The summed E-state index contributed by atoms with van der Waals surface area (Å²) in [5.41, 5.74) is 2.60.